The highest BCUT2D eigenvalue weighted by atomic mass is 79.9. The summed E-state index contributed by atoms with van der Waals surface area (Å²) >= 11 is 3.26. The van der Waals surface area contributed by atoms with Gasteiger partial charge in [0.2, 0.25) is 0 Å². The Balaban J connectivity index is 2.38. The molecule has 0 radical (unpaired) electrons. The van der Waals surface area contributed by atoms with E-state index in [0.717, 1.165) is 6.07 Å². The number of aryl methyl sites for hydroxylation is 1. The Kier molecular flexibility index (Phi) is 3.91. The van der Waals surface area contributed by atoms with E-state index in [-0.39, 0.29) is 10.5 Å². The van der Waals surface area contributed by atoms with Gasteiger partial charge in [0.05, 0.1) is 10.6 Å². The van der Waals surface area contributed by atoms with Gasteiger partial charge in [0.1, 0.15) is 5.82 Å². The average Bonchev–Trinajstić information content (AvgIpc) is 2.35. The molecule has 0 fully saturated rings. The number of sulfonamides is 1. The molecule has 0 amide bonds. The van der Waals surface area contributed by atoms with Crippen LogP contribution in [0.3, 0.4) is 0 Å². The summed E-state index contributed by atoms with van der Waals surface area (Å²) in [4.78, 5) is 0.0298. The molecule has 1 N–H and O–H groups in total. The third-order valence-electron chi connectivity index (χ3n) is 2.56. The van der Waals surface area contributed by atoms with Crippen LogP contribution in [0.1, 0.15) is 5.56 Å². The van der Waals surface area contributed by atoms with Crippen LogP contribution < -0.4 is 4.72 Å². The summed E-state index contributed by atoms with van der Waals surface area (Å²) in [7, 11) is -3.72. The first-order valence-electron chi connectivity index (χ1n) is 5.43. The normalized spacial score (nSPS) is 11.3. The lowest BCUT2D eigenvalue weighted by Gasteiger charge is -2.10. The van der Waals surface area contributed by atoms with Gasteiger partial charge in [-0.05, 0) is 58.7 Å². The van der Waals surface area contributed by atoms with Gasteiger partial charge in [-0.1, -0.05) is 12.1 Å². The number of nitrogens with one attached hydrogen (secondary N) is 1. The number of anilines is 1. The minimum Gasteiger partial charge on any atom is -0.278 e. The first kappa shape index (κ1) is 14.0. The summed E-state index contributed by atoms with van der Waals surface area (Å²) in [6, 6.07) is 10.5. The molecular weight excluding hydrogens is 333 g/mol. The van der Waals surface area contributed by atoms with Gasteiger partial charge in [0, 0.05) is 4.47 Å². The Morgan fingerprint density at radius 1 is 1.16 bits per heavy atom. The summed E-state index contributed by atoms with van der Waals surface area (Å²) in [5.74, 6) is -0.431. The third kappa shape index (κ3) is 3.13. The van der Waals surface area contributed by atoms with Crippen LogP contribution in [-0.2, 0) is 10.0 Å². The number of hydrogen-bond acceptors (Lipinski definition) is 2. The Bertz CT molecular complexity index is 716. The van der Waals surface area contributed by atoms with Gasteiger partial charge in [-0.15, -0.1) is 0 Å². The fourth-order valence-corrected chi connectivity index (χ4v) is 3.21. The van der Waals surface area contributed by atoms with Crippen molar-refractivity contribution in [3.63, 3.8) is 0 Å². The molecule has 0 saturated heterocycles. The lowest BCUT2D eigenvalue weighted by atomic mass is 10.2. The van der Waals surface area contributed by atoms with E-state index in [4.69, 9.17) is 0 Å². The van der Waals surface area contributed by atoms with Crippen LogP contribution in [0.2, 0.25) is 0 Å². The molecule has 2 aromatic rings. The molecule has 19 heavy (non-hydrogen) atoms. The van der Waals surface area contributed by atoms with Gasteiger partial charge in [-0.25, -0.2) is 12.8 Å². The smallest absolute Gasteiger partial charge is 0.261 e. The zero-order valence-electron chi connectivity index (χ0n) is 10.0. The van der Waals surface area contributed by atoms with E-state index >= 15 is 0 Å². The van der Waals surface area contributed by atoms with E-state index < -0.39 is 15.8 Å². The van der Waals surface area contributed by atoms with E-state index in [1.165, 1.54) is 19.1 Å². The topological polar surface area (TPSA) is 46.2 Å². The number of benzene rings is 2. The molecule has 0 heterocycles. The fraction of sp³-hybridized carbons (Fsp3) is 0.0769. The van der Waals surface area contributed by atoms with Crippen molar-refractivity contribution < 1.29 is 12.8 Å². The lowest BCUT2D eigenvalue weighted by molar-refractivity contribution is 0.598. The first-order chi connectivity index (χ1) is 8.90. The molecule has 0 unspecified atom stereocenters. The van der Waals surface area contributed by atoms with Gasteiger partial charge in [-0.2, -0.15) is 0 Å². The maximum absolute atomic E-state index is 13.2. The molecule has 0 aliphatic carbocycles. The van der Waals surface area contributed by atoms with Crippen molar-refractivity contribution in [2.75, 3.05) is 4.72 Å². The zero-order chi connectivity index (χ0) is 14.0. The van der Waals surface area contributed by atoms with E-state index in [1.807, 2.05) is 0 Å². The van der Waals surface area contributed by atoms with Crippen LogP contribution in [-0.4, -0.2) is 8.42 Å². The summed E-state index contributed by atoms with van der Waals surface area (Å²) in [5.41, 5.74) is 0.722. The molecule has 0 bridgehead atoms. The number of rotatable bonds is 3. The maximum Gasteiger partial charge on any atom is 0.261 e. The van der Waals surface area contributed by atoms with Crippen molar-refractivity contribution in [2.24, 2.45) is 0 Å². The highest BCUT2D eigenvalue weighted by Gasteiger charge is 2.16. The third-order valence-corrected chi connectivity index (χ3v) is 4.61. The molecule has 6 heteroatoms. The Morgan fingerprint density at radius 3 is 2.47 bits per heavy atom. The van der Waals surface area contributed by atoms with Crippen molar-refractivity contribution in [1.82, 2.24) is 0 Å². The van der Waals surface area contributed by atoms with Crippen molar-refractivity contribution in [2.45, 2.75) is 11.8 Å². The molecule has 0 spiro atoms. The molecule has 0 aliphatic heterocycles. The monoisotopic (exact) mass is 343 g/mol. The SMILES string of the molecule is Cc1cc(S(=O)(=O)Nc2ccccc2Br)ccc1F. The molecule has 100 valence electrons. The van der Waals surface area contributed by atoms with Crippen molar-refractivity contribution in [1.29, 1.82) is 0 Å². The maximum atomic E-state index is 13.2. The highest BCUT2D eigenvalue weighted by Crippen LogP contribution is 2.25. The average molecular weight is 344 g/mol. The molecular formula is C13H11BrFNO2S. The Hall–Kier alpha value is -1.40. The largest absolute Gasteiger partial charge is 0.278 e. The first-order valence-corrected chi connectivity index (χ1v) is 7.71. The number of para-hydroxylation sites is 1. The molecule has 3 nitrogen and oxygen atoms in total. The number of halogens is 2. The van der Waals surface area contributed by atoms with E-state index in [1.54, 1.807) is 24.3 Å². The van der Waals surface area contributed by atoms with Crippen LogP contribution >= 0.6 is 15.9 Å². The van der Waals surface area contributed by atoms with Gasteiger partial charge in [0.25, 0.3) is 10.0 Å². The summed E-state index contributed by atoms with van der Waals surface area (Å²) in [6.07, 6.45) is 0. The molecule has 0 aromatic heterocycles. The van der Waals surface area contributed by atoms with Crippen LogP contribution in [0, 0.1) is 12.7 Å². The highest BCUT2D eigenvalue weighted by molar-refractivity contribution is 9.10. The Morgan fingerprint density at radius 2 is 1.84 bits per heavy atom. The van der Waals surface area contributed by atoms with Crippen LogP contribution in [0.15, 0.2) is 51.8 Å². The van der Waals surface area contributed by atoms with Crippen molar-refractivity contribution >= 4 is 31.6 Å². The zero-order valence-corrected chi connectivity index (χ0v) is 12.4. The predicted molar refractivity (Wildman–Crippen MR) is 76.1 cm³/mol. The minimum absolute atomic E-state index is 0.0298. The van der Waals surface area contributed by atoms with Gasteiger partial charge in [-0.3, -0.25) is 4.72 Å². The second-order valence-corrected chi connectivity index (χ2v) is 6.53. The van der Waals surface area contributed by atoms with Gasteiger partial charge in [0.15, 0.2) is 0 Å². The van der Waals surface area contributed by atoms with Gasteiger partial charge < -0.3 is 0 Å². The van der Waals surface area contributed by atoms with Gasteiger partial charge >= 0.3 is 0 Å². The number of hydrogen-bond donors (Lipinski definition) is 1. The minimum atomic E-state index is -3.72. The summed E-state index contributed by atoms with van der Waals surface area (Å²) in [6.45, 7) is 1.52. The van der Waals surface area contributed by atoms with Crippen molar-refractivity contribution in [3.8, 4) is 0 Å². The quantitative estimate of drug-likeness (QED) is 0.923. The van der Waals surface area contributed by atoms with E-state index in [2.05, 4.69) is 20.7 Å². The van der Waals surface area contributed by atoms with Crippen LogP contribution in [0.5, 0.6) is 0 Å². The molecule has 0 aliphatic rings. The summed E-state index contributed by atoms with van der Waals surface area (Å²) in [5, 5.41) is 0. The lowest BCUT2D eigenvalue weighted by Crippen LogP contribution is -2.13. The van der Waals surface area contributed by atoms with Crippen LogP contribution in [0.4, 0.5) is 10.1 Å². The van der Waals surface area contributed by atoms with Crippen molar-refractivity contribution in [3.05, 3.63) is 58.3 Å². The predicted octanol–water partition coefficient (Wildman–Crippen LogP) is 3.70. The molecule has 0 saturated carbocycles. The standard InChI is InChI=1S/C13H11BrFNO2S/c1-9-8-10(6-7-12(9)15)19(17,18)16-13-5-3-2-4-11(13)14/h2-8,16H,1H3. The Labute approximate surface area is 119 Å². The van der Waals surface area contributed by atoms with E-state index in [9.17, 15) is 12.8 Å². The van der Waals surface area contributed by atoms with E-state index in [0.29, 0.717) is 10.2 Å². The molecule has 0 atom stereocenters. The molecule has 2 rings (SSSR count). The second kappa shape index (κ2) is 5.30. The summed E-state index contributed by atoms with van der Waals surface area (Å²) < 4.78 is 40.6. The molecule has 2 aromatic carbocycles. The van der Waals surface area contributed by atoms with Crippen LogP contribution in [0.25, 0.3) is 0 Å². The second-order valence-electron chi connectivity index (χ2n) is 4.00. The fourth-order valence-electron chi connectivity index (χ4n) is 1.53.